The largest absolute Gasteiger partial charge is 0.329 e. The van der Waals surface area contributed by atoms with Crippen molar-refractivity contribution < 1.29 is 14.4 Å². The first-order valence-electron chi connectivity index (χ1n) is 5.05. The van der Waals surface area contributed by atoms with Crippen LogP contribution in [-0.4, -0.2) is 35.7 Å². The number of carbonyl (C=O) groups is 3. The fraction of sp³-hybridized carbons (Fsp3) is 0.182. The van der Waals surface area contributed by atoms with E-state index in [1.54, 1.807) is 0 Å². The maximum Gasteiger partial charge on any atom is 0.325 e. The molecule has 1 heterocycles. The molecule has 0 atom stereocenters. The van der Waals surface area contributed by atoms with Crippen molar-refractivity contribution in [2.75, 3.05) is 13.1 Å². The number of nitrogens with zero attached hydrogens (tertiary/aromatic N) is 1. The van der Waals surface area contributed by atoms with Crippen LogP contribution >= 0.6 is 23.2 Å². The lowest BCUT2D eigenvalue weighted by atomic mass is 10.1. The normalized spacial score (nSPS) is 14.9. The Balaban J connectivity index is 2.17. The predicted molar refractivity (Wildman–Crippen MR) is 65.9 cm³/mol. The molecule has 7 heteroatoms. The van der Waals surface area contributed by atoms with E-state index in [0.29, 0.717) is 5.02 Å². The van der Waals surface area contributed by atoms with Crippen molar-refractivity contribution in [2.24, 2.45) is 0 Å². The van der Waals surface area contributed by atoms with E-state index < -0.39 is 17.7 Å². The molecule has 1 fully saturated rings. The Hall–Kier alpha value is -1.59. The number of ketones is 1. The van der Waals surface area contributed by atoms with Crippen LogP contribution in [0.3, 0.4) is 0 Å². The molecule has 1 N–H and O–H groups in total. The van der Waals surface area contributed by atoms with Crippen LogP contribution in [0.2, 0.25) is 10.0 Å². The zero-order valence-corrected chi connectivity index (χ0v) is 10.6. The van der Waals surface area contributed by atoms with E-state index in [0.717, 1.165) is 4.90 Å². The van der Waals surface area contributed by atoms with Gasteiger partial charge in [-0.2, -0.15) is 0 Å². The second-order valence-electron chi connectivity index (χ2n) is 3.69. The molecule has 94 valence electrons. The van der Waals surface area contributed by atoms with Crippen molar-refractivity contribution in [1.29, 1.82) is 0 Å². The molecular formula is C11H8Cl2N2O3. The fourth-order valence-corrected chi connectivity index (χ4v) is 2.07. The summed E-state index contributed by atoms with van der Waals surface area (Å²) in [7, 11) is 0. The van der Waals surface area contributed by atoms with Crippen molar-refractivity contribution in [2.45, 2.75) is 0 Å². The Morgan fingerprint density at radius 3 is 2.61 bits per heavy atom. The Morgan fingerprint density at radius 1 is 1.33 bits per heavy atom. The quantitative estimate of drug-likeness (QED) is 0.680. The highest BCUT2D eigenvalue weighted by molar-refractivity contribution is 6.37. The lowest BCUT2D eigenvalue weighted by Gasteiger charge is -2.11. The molecular weight excluding hydrogens is 279 g/mol. The molecule has 0 saturated carbocycles. The van der Waals surface area contributed by atoms with Crippen LogP contribution in [0.1, 0.15) is 10.4 Å². The van der Waals surface area contributed by atoms with Gasteiger partial charge >= 0.3 is 6.03 Å². The number of Topliss-reactive ketones (excluding diaryl/α,β-unsaturated/α-hetero) is 1. The minimum absolute atomic E-state index is 0.0829. The molecule has 0 bridgehead atoms. The van der Waals surface area contributed by atoms with Crippen molar-refractivity contribution in [1.82, 2.24) is 10.2 Å². The minimum atomic E-state index is -0.571. The molecule has 0 aromatic heterocycles. The zero-order valence-electron chi connectivity index (χ0n) is 9.07. The second kappa shape index (κ2) is 4.96. The number of amides is 3. The van der Waals surface area contributed by atoms with Gasteiger partial charge in [-0.3, -0.25) is 14.5 Å². The molecule has 18 heavy (non-hydrogen) atoms. The maximum absolute atomic E-state index is 11.9. The number of rotatable bonds is 3. The summed E-state index contributed by atoms with van der Waals surface area (Å²) in [5, 5.41) is 2.93. The van der Waals surface area contributed by atoms with E-state index in [4.69, 9.17) is 23.2 Å². The van der Waals surface area contributed by atoms with Gasteiger partial charge in [0.2, 0.25) is 5.91 Å². The van der Waals surface area contributed by atoms with E-state index in [1.807, 2.05) is 0 Å². The van der Waals surface area contributed by atoms with Crippen LogP contribution in [0.25, 0.3) is 0 Å². The molecule has 0 spiro atoms. The van der Waals surface area contributed by atoms with Crippen molar-refractivity contribution in [3.05, 3.63) is 33.8 Å². The molecule has 0 unspecified atom stereocenters. The third-order valence-electron chi connectivity index (χ3n) is 2.47. The Bertz CT molecular complexity index is 529. The van der Waals surface area contributed by atoms with Gasteiger partial charge in [-0.1, -0.05) is 23.2 Å². The summed E-state index contributed by atoms with van der Waals surface area (Å²) in [6.45, 7) is -0.410. The molecule has 1 aromatic rings. The number of halogens is 2. The maximum atomic E-state index is 11.9. The van der Waals surface area contributed by atoms with Gasteiger partial charge in [0.15, 0.2) is 5.78 Å². The topological polar surface area (TPSA) is 66.5 Å². The lowest BCUT2D eigenvalue weighted by molar-refractivity contribution is -0.124. The average molecular weight is 287 g/mol. The molecule has 1 aliphatic rings. The number of benzene rings is 1. The smallest absolute Gasteiger partial charge is 0.325 e. The van der Waals surface area contributed by atoms with Crippen molar-refractivity contribution in [3.8, 4) is 0 Å². The van der Waals surface area contributed by atoms with Crippen LogP contribution < -0.4 is 5.32 Å². The average Bonchev–Trinajstić information content (AvgIpc) is 2.60. The molecule has 5 nitrogen and oxygen atoms in total. The molecule has 3 amide bonds. The summed E-state index contributed by atoms with van der Waals surface area (Å²) < 4.78 is 0. The summed E-state index contributed by atoms with van der Waals surface area (Å²) >= 11 is 11.6. The van der Waals surface area contributed by atoms with Crippen molar-refractivity contribution >= 4 is 40.9 Å². The lowest BCUT2D eigenvalue weighted by Crippen LogP contribution is -2.35. The molecule has 0 aliphatic carbocycles. The van der Waals surface area contributed by atoms with E-state index in [9.17, 15) is 14.4 Å². The number of hydrogen-bond donors (Lipinski definition) is 1. The molecule has 1 saturated heterocycles. The summed E-state index contributed by atoms with van der Waals surface area (Å²) in [4.78, 5) is 35.4. The van der Waals surface area contributed by atoms with Gasteiger partial charge in [0.05, 0.1) is 18.1 Å². The zero-order chi connectivity index (χ0) is 13.3. The Labute approximate surface area is 113 Å². The van der Waals surface area contributed by atoms with E-state index in [-0.39, 0.29) is 23.7 Å². The number of nitrogens with one attached hydrogen (secondary N) is 1. The monoisotopic (exact) mass is 286 g/mol. The number of urea groups is 1. The van der Waals surface area contributed by atoms with Gasteiger partial charge in [0, 0.05) is 10.6 Å². The summed E-state index contributed by atoms with van der Waals surface area (Å²) in [6, 6.07) is 3.85. The summed E-state index contributed by atoms with van der Waals surface area (Å²) in [5.41, 5.74) is 0.230. The predicted octanol–water partition coefficient (Wildman–Crippen LogP) is 1.73. The summed E-state index contributed by atoms with van der Waals surface area (Å²) in [6.07, 6.45) is 0. The van der Waals surface area contributed by atoms with E-state index in [2.05, 4.69) is 5.32 Å². The van der Waals surface area contributed by atoms with E-state index >= 15 is 0 Å². The van der Waals surface area contributed by atoms with Crippen LogP contribution in [0.15, 0.2) is 18.2 Å². The summed E-state index contributed by atoms with van der Waals surface area (Å²) in [5.74, 6) is -0.847. The molecule has 1 aliphatic heterocycles. The third-order valence-corrected chi connectivity index (χ3v) is 3.02. The Morgan fingerprint density at radius 2 is 2.06 bits per heavy atom. The van der Waals surface area contributed by atoms with Gasteiger partial charge < -0.3 is 5.32 Å². The fourth-order valence-electron chi connectivity index (χ4n) is 1.56. The highest BCUT2D eigenvalue weighted by Crippen LogP contribution is 2.21. The second-order valence-corrected chi connectivity index (χ2v) is 4.53. The first-order valence-corrected chi connectivity index (χ1v) is 5.81. The first-order chi connectivity index (χ1) is 8.49. The van der Waals surface area contributed by atoms with Crippen LogP contribution in [-0.2, 0) is 4.79 Å². The highest BCUT2D eigenvalue weighted by atomic mass is 35.5. The highest BCUT2D eigenvalue weighted by Gasteiger charge is 2.30. The van der Waals surface area contributed by atoms with Crippen molar-refractivity contribution in [3.63, 3.8) is 0 Å². The third kappa shape index (κ3) is 2.47. The number of hydrogen-bond acceptors (Lipinski definition) is 3. The SMILES string of the molecule is O=C(CN1C(=O)CNC1=O)c1ccc(Cl)cc1Cl. The van der Waals surface area contributed by atoms with Gasteiger partial charge in [-0.05, 0) is 18.2 Å². The first kappa shape index (κ1) is 12.9. The van der Waals surface area contributed by atoms with Gasteiger partial charge in [0.1, 0.15) is 0 Å². The Kier molecular flexibility index (Phi) is 3.54. The van der Waals surface area contributed by atoms with Gasteiger partial charge in [-0.25, -0.2) is 4.79 Å². The van der Waals surface area contributed by atoms with Crippen LogP contribution in [0.5, 0.6) is 0 Å². The molecule has 1 aromatic carbocycles. The van der Waals surface area contributed by atoms with Gasteiger partial charge in [0.25, 0.3) is 0 Å². The molecule has 0 radical (unpaired) electrons. The minimum Gasteiger partial charge on any atom is -0.329 e. The standard InChI is InChI=1S/C11H8Cl2N2O3/c12-6-1-2-7(8(13)3-6)9(16)5-15-10(17)4-14-11(15)18/h1-3H,4-5H2,(H,14,18). The van der Waals surface area contributed by atoms with Gasteiger partial charge in [-0.15, -0.1) is 0 Å². The van der Waals surface area contributed by atoms with Crippen LogP contribution in [0, 0.1) is 0 Å². The number of carbonyl (C=O) groups excluding carboxylic acids is 3. The molecule has 2 rings (SSSR count). The van der Waals surface area contributed by atoms with Crippen LogP contribution in [0.4, 0.5) is 4.79 Å². The van der Waals surface area contributed by atoms with E-state index in [1.165, 1.54) is 18.2 Å². The number of imide groups is 1.